The first-order chi connectivity index (χ1) is 9.31. The summed E-state index contributed by atoms with van der Waals surface area (Å²) in [6, 6.07) is 3.98. The molecule has 0 aromatic heterocycles. The lowest BCUT2D eigenvalue weighted by molar-refractivity contribution is -0.140. The van der Waals surface area contributed by atoms with Gasteiger partial charge < -0.3 is 15.2 Å². The number of carbonyl (C=O) groups excluding carboxylic acids is 1. The zero-order valence-electron chi connectivity index (χ0n) is 11.0. The number of nitrogens with one attached hydrogen (secondary N) is 1. The molecule has 5 nitrogen and oxygen atoms in total. The van der Waals surface area contributed by atoms with E-state index in [2.05, 4.69) is 10.1 Å². The van der Waals surface area contributed by atoms with Crippen molar-refractivity contribution >= 4 is 11.9 Å². The second-order valence-electron chi connectivity index (χ2n) is 4.44. The number of ether oxygens (including phenoxy) is 1. The van der Waals surface area contributed by atoms with Crippen LogP contribution in [0.3, 0.4) is 0 Å². The number of hydrogen-bond donors (Lipinski definition) is 2. The molecule has 0 saturated heterocycles. The smallest absolute Gasteiger partial charge is 0.387 e. The van der Waals surface area contributed by atoms with E-state index in [0.717, 1.165) is 0 Å². The third-order valence-electron chi connectivity index (χ3n) is 2.56. The standard InChI is InChI=1S/C13H15F2NO4/c1-7(2)10(12(18)19)16-11(17)8-3-5-9(6-4-8)20-13(14)15/h3-7,10,13H,1-2H3,(H,16,17)(H,18,19). The van der Waals surface area contributed by atoms with Crippen LogP contribution in [0.1, 0.15) is 24.2 Å². The lowest BCUT2D eigenvalue weighted by Gasteiger charge is -2.17. The molecule has 0 heterocycles. The lowest BCUT2D eigenvalue weighted by Crippen LogP contribution is -2.44. The van der Waals surface area contributed by atoms with Gasteiger partial charge in [-0.2, -0.15) is 8.78 Å². The van der Waals surface area contributed by atoms with Gasteiger partial charge in [-0.05, 0) is 30.2 Å². The Kier molecular flexibility index (Phi) is 5.42. The van der Waals surface area contributed by atoms with Crippen LogP contribution in [0.5, 0.6) is 5.75 Å². The van der Waals surface area contributed by atoms with Crippen LogP contribution in [0, 0.1) is 5.92 Å². The number of aliphatic carboxylic acids is 1. The predicted molar refractivity (Wildman–Crippen MR) is 66.8 cm³/mol. The molecule has 0 radical (unpaired) electrons. The Morgan fingerprint density at radius 1 is 1.20 bits per heavy atom. The average Bonchev–Trinajstić information content (AvgIpc) is 2.35. The van der Waals surface area contributed by atoms with Crippen molar-refractivity contribution in [2.24, 2.45) is 5.92 Å². The average molecular weight is 287 g/mol. The van der Waals surface area contributed by atoms with Gasteiger partial charge in [-0.15, -0.1) is 0 Å². The SMILES string of the molecule is CC(C)C(NC(=O)c1ccc(OC(F)F)cc1)C(=O)O. The van der Waals surface area contributed by atoms with Crippen LogP contribution in [0.15, 0.2) is 24.3 Å². The summed E-state index contributed by atoms with van der Waals surface area (Å²) in [5.74, 6) is -2.08. The molecule has 1 atom stereocenters. The van der Waals surface area contributed by atoms with Crippen molar-refractivity contribution < 1.29 is 28.2 Å². The van der Waals surface area contributed by atoms with Crippen molar-refractivity contribution in [3.63, 3.8) is 0 Å². The summed E-state index contributed by atoms with van der Waals surface area (Å²) < 4.78 is 28.1. The number of benzene rings is 1. The highest BCUT2D eigenvalue weighted by atomic mass is 19.3. The third kappa shape index (κ3) is 4.49. The van der Waals surface area contributed by atoms with E-state index in [1.54, 1.807) is 13.8 Å². The Morgan fingerprint density at radius 2 is 1.75 bits per heavy atom. The van der Waals surface area contributed by atoms with E-state index in [4.69, 9.17) is 5.11 Å². The van der Waals surface area contributed by atoms with Gasteiger partial charge in [0.1, 0.15) is 11.8 Å². The van der Waals surface area contributed by atoms with E-state index in [1.165, 1.54) is 24.3 Å². The van der Waals surface area contributed by atoms with Crippen molar-refractivity contribution in [3.05, 3.63) is 29.8 Å². The monoisotopic (exact) mass is 287 g/mol. The summed E-state index contributed by atoms with van der Waals surface area (Å²) in [7, 11) is 0. The van der Waals surface area contributed by atoms with Crippen LogP contribution in [0.4, 0.5) is 8.78 Å². The molecule has 0 aliphatic heterocycles. The molecule has 1 unspecified atom stereocenters. The molecule has 20 heavy (non-hydrogen) atoms. The van der Waals surface area contributed by atoms with Gasteiger partial charge in [0.15, 0.2) is 0 Å². The topological polar surface area (TPSA) is 75.6 Å². The van der Waals surface area contributed by atoms with Crippen molar-refractivity contribution in [3.8, 4) is 5.75 Å². The van der Waals surface area contributed by atoms with Gasteiger partial charge in [-0.1, -0.05) is 13.8 Å². The summed E-state index contributed by atoms with van der Waals surface area (Å²) in [6.07, 6.45) is 0. The highest BCUT2D eigenvalue weighted by molar-refractivity contribution is 5.96. The number of amides is 1. The van der Waals surface area contributed by atoms with Gasteiger partial charge >= 0.3 is 12.6 Å². The molecule has 0 aliphatic carbocycles. The van der Waals surface area contributed by atoms with Crippen LogP contribution >= 0.6 is 0 Å². The van der Waals surface area contributed by atoms with Crippen LogP contribution in [-0.2, 0) is 4.79 Å². The molecule has 1 amide bonds. The molecular formula is C13H15F2NO4. The quantitative estimate of drug-likeness (QED) is 0.840. The summed E-state index contributed by atoms with van der Waals surface area (Å²) in [5, 5.41) is 11.3. The Morgan fingerprint density at radius 3 is 2.15 bits per heavy atom. The maximum atomic E-state index is 12.0. The second-order valence-corrected chi connectivity index (χ2v) is 4.44. The van der Waals surface area contributed by atoms with Crippen LogP contribution < -0.4 is 10.1 Å². The number of rotatable bonds is 6. The van der Waals surface area contributed by atoms with Gasteiger partial charge in [0.2, 0.25) is 0 Å². The molecule has 1 aromatic rings. The molecule has 110 valence electrons. The second kappa shape index (κ2) is 6.83. The van der Waals surface area contributed by atoms with Gasteiger partial charge in [-0.3, -0.25) is 4.79 Å². The van der Waals surface area contributed by atoms with Gasteiger partial charge in [0.25, 0.3) is 5.91 Å². The Labute approximate surface area is 114 Å². The summed E-state index contributed by atoms with van der Waals surface area (Å²) in [6.45, 7) is 0.393. The van der Waals surface area contributed by atoms with E-state index in [0.29, 0.717) is 0 Å². The number of carboxylic acid groups (broad SMARTS) is 1. The third-order valence-corrected chi connectivity index (χ3v) is 2.56. The molecule has 0 fully saturated rings. The fourth-order valence-electron chi connectivity index (χ4n) is 1.53. The van der Waals surface area contributed by atoms with Gasteiger partial charge in [0.05, 0.1) is 0 Å². The van der Waals surface area contributed by atoms with E-state index in [-0.39, 0.29) is 17.2 Å². The summed E-state index contributed by atoms with van der Waals surface area (Å²) in [5.41, 5.74) is 0.165. The molecular weight excluding hydrogens is 272 g/mol. The summed E-state index contributed by atoms with van der Waals surface area (Å²) >= 11 is 0. The first kappa shape index (κ1) is 15.9. The van der Waals surface area contributed by atoms with Crippen LogP contribution in [0.25, 0.3) is 0 Å². The fourth-order valence-corrected chi connectivity index (χ4v) is 1.53. The fraction of sp³-hybridized carbons (Fsp3) is 0.385. The van der Waals surface area contributed by atoms with Crippen molar-refractivity contribution in [2.75, 3.05) is 0 Å². The maximum Gasteiger partial charge on any atom is 0.387 e. The predicted octanol–water partition coefficient (Wildman–Crippen LogP) is 2.13. The van der Waals surface area contributed by atoms with E-state index < -0.39 is 24.5 Å². The number of alkyl halides is 2. The molecule has 7 heteroatoms. The highest BCUT2D eigenvalue weighted by Gasteiger charge is 2.23. The Hall–Kier alpha value is -2.18. The molecule has 0 saturated carbocycles. The molecule has 1 aromatic carbocycles. The van der Waals surface area contributed by atoms with Crippen molar-refractivity contribution in [1.29, 1.82) is 0 Å². The molecule has 1 rings (SSSR count). The zero-order chi connectivity index (χ0) is 15.3. The molecule has 2 N–H and O–H groups in total. The van der Waals surface area contributed by atoms with Crippen LogP contribution in [0.2, 0.25) is 0 Å². The van der Waals surface area contributed by atoms with Crippen LogP contribution in [-0.4, -0.2) is 29.6 Å². The largest absolute Gasteiger partial charge is 0.480 e. The number of hydrogen-bond acceptors (Lipinski definition) is 3. The number of carbonyl (C=O) groups is 2. The van der Waals surface area contributed by atoms with E-state index >= 15 is 0 Å². The zero-order valence-corrected chi connectivity index (χ0v) is 11.0. The Bertz CT molecular complexity index is 474. The molecule has 0 spiro atoms. The van der Waals surface area contributed by atoms with Crippen molar-refractivity contribution in [2.45, 2.75) is 26.5 Å². The van der Waals surface area contributed by atoms with E-state index in [9.17, 15) is 18.4 Å². The first-order valence-electron chi connectivity index (χ1n) is 5.89. The minimum Gasteiger partial charge on any atom is -0.480 e. The normalized spacial score (nSPS) is 12.3. The summed E-state index contributed by atoms with van der Waals surface area (Å²) in [4.78, 5) is 22.8. The minimum absolute atomic E-state index is 0.0739. The lowest BCUT2D eigenvalue weighted by atomic mass is 10.0. The number of carboxylic acids is 1. The Balaban J connectivity index is 2.74. The highest BCUT2D eigenvalue weighted by Crippen LogP contribution is 2.15. The first-order valence-corrected chi connectivity index (χ1v) is 5.89. The minimum atomic E-state index is -2.94. The van der Waals surface area contributed by atoms with Crippen molar-refractivity contribution in [1.82, 2.24) is 5.32 Å². The van der Waals surface area contributed by atoms with E-state index in [1.807, 2.05) is 0 Å². The molecule has 0 aliphatic rings. The van der Waals surface area contributed by atoms with Gasteiger partial charge in [-0.25, -0.2) is 4.79 Å². The number of halogens is 2. The molecule has 0 bridgehead atoms. The van der Waals surface area contributed by atoms with Gasteiger partial charge in [0, 0.05) is 5.56 Å². The maximum absolute atomic E-state index is 12.0.